The first-order valence-electron chi connectivity index (χ1n) is 7.67. The van der Waals surface area contributed by atoms with Gasteiger partial charge < -0.3 is 9.47 Å². The van der Waals surface area contributed by atoms with E-state index in [1.165, 1.54) is 4.31 Å². The van der Waals surface area contributed by atoms with Gasteiger partial charge in [-0.2, -0.15) is 4.31 Å². The third-order valence-electron chi connectivity index (χ3n) is 3.85. The highest BCUT2D eigenvalue weighted by Crippen LogP contribution is 2.24. The van der Waals surface area contributed by atoms with Crippen LogP contribution in [0.2, 0.25) is 0 Å². The molecule has 0 bridgehead atoms. The molecule has 8 heteroatoms. The van der Waals surface area contributed by atoms with Gasteiger partial charge in [0.25, 0.3) is 0 Å². The van der Waals surface area contributed by atoms with Gasteiger partial charge in [0.15, 0.2) is 0 Å². The van der Waals surface area contributed by atoms with E-state index in [0.717, 1.165) is 12.8 Å². The molecule has 0 spiro atoms. The maximum Gasteiger partial charge on any atom is 0.316 e. The molecule has 7 nitrogen and oxygen atoms in total. The number of nitrogens with zero attached hydrogens (tertiary/aromatic N) is 3. The summed E-state index contributed by atoms with van der Waals surface area (Å²) >= 11 is 0. The summed E-state index contributed by atoms with van der Waals surface area (Å²) in [5.74, 6) is 0.620. The molecule has 1 aromatic heterocycles. The summed E-state index contributed by atoms with van der Waals surface area (Å²) in [6.45, 7) is 0.760. The Labute approximate surface area is 141 Å². The largest absolute Gasteiger partial charge is 0.497 e. The van der Waals surface area contributed by atoms with Gasteiger partial charge in [-0.15, -0.1) is 0 Å². The zero-order chi connectivity index (χ0) is 17.0. The van der Waals surface area contributed by atoms with Crippen LogP contribution in [0.4, 0.5) is 0 Å². The predicted molar refractivity (Wildman–Crippen MR) is 87.4 cm³/mol. The summed E-state index contributed by atoms with van der Waals surface area (Å²) < 4.78 is 37.8. The number of piperidine rings is 1. The molecule has 0 saturated carbocycles. The minimum Gasteiger partial charge on any atom is -0.497 e. The number of hydrogen-bond acceptors (Lipinski definition) is 6. The van der Waals surface area contributed by atoms with Crippen LogP contribution in [0.5, 0.6) is 11.8 Å². The molecule has 1 unspecified atom stereocenters. The van der Waals surface area contributed by atoms with Crippen molar-refractivity contribution in [2.75, 3.05) is 20.2 Å². The maximum atomic E-state index is 12.8. The van der Waals surface area contributed by atoms with E-state index in [0.29, 0.717) is 12.3 Å². The van der Waals surface area contributed by atoms with Crippen LogP contribution < -0.4 is 9.47 Å². The standard InChI is InChI=1S/C16H19N3O4S/c1-22-13-5-7-15(8-6-13)24(20,21)19-11-2-4-14(12-19)23-16-17-9-3-10-18-16/h3,5-10,14H,2,4,11-12H2,1H3. The Hall–Kier alpha value is -2.19. The average Bonchev–Trinajstić information content (AvgIpc) is 2.63. The lowest BCUT2D eigenvalue weighted by atomic mass is 10.1. The lowest BCUT2D eigenvalue weighted by Crippen LogP contribution is -2.44. The molecule has 1 fully saturated rings. The zero-order valence-corrected chi connectivity index (χ0v) is 14.1. The van der Waals surface area contributed by atoms with Gasteiger partial charge in [-0.3, -0.25) is 0 Å². The number of hydrogen-bond donors (Lipinski definition) is 0. The van der Waals surface area contributed by atoms with E-state index in [2.05, 4.69) is 9.97 Å². The molecule has 0 N–H and O–H groups in total. The Morgan fingerprint density at radius 3 is 2.54 bits per heavy atom. The number of methoxy groups -OCH3 is 1. The van der Waals surface area contributed by atoms with Crippen molar-refractivity contribution in [2.24, 2.45) is 0 Å². The molecular formula is C16H19N3O4S. The number of benzene rings is 1. The SMILES string of the molecule is COc1ccc(S(=O)(=O)N2CCCC(Oc3ncccn3)C2)cc1. The van der Waals surface area contributed by atoms with Crippen molar-refractivity contribution in [1.29, 1.82) is 0 Å². The average molecular weight is 349 g/mol. The van der Waals surface area contributed by atoms with Crippen molar-refractivity contribution in [3.05, 3.63) is 42.7 Å². The Balaban J connectivity index is 1.73. The third kappa shape index (κ3) is 3.65. The van der Waals surface area contributed by atoms with E-state index in [-0.39, 0.29) is 23.6 Å². The van der Waals surface area contributed by atoms with Crippen LogP contribution in [0.25, 0.3) is 0 Å². The first-order valence-corrected chi connectivity index (χ1v) is 9.11. The van der Waals surface area contributed by atoms with Gasteiger partial charge in [0.1, 0.15) is 11.9 Å². The smallest absolute Gasteiger partial charge is 0.316 e. The van der Waals surface area contributed by atoms with Gasteiger partial charge in [0.2, 0.25) is 10.0 Å². The van der Waals surface area contributed by atoms with Crippen molar-refractivity contribution in [3.8, 4) is 11.8 Å². The molecule has 1 saturated heterocycles. The van der Waals surface area contributed by atoms with E-state index in [4.69, 9.17) is 9.47 Å². The lowest BCUT2D eigenvalue weighted by Gasteiger charge is -2.31. The van der Waals surface area contributed by atoms with Gasteiger partial charge in [-0.05, 0) is 43.2 Å². The number of rotatable bonds is 5. The normalized spacial score (nSPS) is 19.0. The van der Waals surface area contributed by atoms with Gasteiger partial charge in [0.05, 0.1) is 18.6 Å². The quantitative estimate of drug-likeness (QED) is 0.817. The predicted octanol–water partition coefficient (Wildman–Crippen LogP) is 1.72. The Bertz CT molecular complexity index is 766. The highest BCUT2D eigenvalue weighted by atomic mass is 32.2. The molecule has 0 amide bonds. The summed E-state index contributed by atoms with van der Waals surface area (Å²) in [6, 6.07) is 8.36. The minimum atomic E-state index is -3.56. The fourth-order valence-corrected chi connectivity index (χ4v) is 4.12. The minimum absolute atomic E-state index is 0.250. The summed E-state index contributed by atoms with van der Waals surface area (Å²) in [5, 5.41) is 0. The second-order valence-electron chi connectivity index (χ2n) is 5.45. The number of ether oxygens (including phenoxy) is 2. The molecule has 24 heavy (non-hydrogen) atoms. The second-order valence-corrected chi connectivity index (χ2v) is 7.39. The van der Waals surface area contributed by atoms with Crippen LogP contribution in [-0.4, -0.2) is 49.0 Å². The fourth-order valence-electron chi connectivity index (χ4n) is 2.61. The molecule has 128 valence electrons. The van der Waals surface area contributed by atoms with Gasteiger partial charge >= 0.3 is 6.01 Å². The van der Waals surface area contributed by atoms with Crippen LogP contribution in [-0.2, 0) is 10.0 Å². The highest BCUT2D eigenvalue weighted by molar-refractivity contribution is 7.89. The topological polar surface area (TPSA) is 81.6 Å². The van der Waals surface area contributed by atoms with E-state index >= 15 is 0 Å². The third-order valence-corrected chi connectivity index (χ3v) is 5.73. The van der Waals surface area contributed by atoms with Crippen molar-refractivity contribution < 1.29 is 17.9 Å². The number of aromatic nitrogens is 2. The van der Waals surface area contributed by atoms with Crippen LogP contribution in [0.3, 0.4) is 0 Å². The second kappa shape index (κ2) is 7.14. The molecule has 1 aliphatic heterocycles. The molecule has 3 rings (SSSR count). The highest BCUT2D eigenvalue weighted by Gasteiger charge is 2.31. The summed E-state index contributed by atoms with van der Waals surface area (Å²) in [4.78, 5) is 8.29. The van der Waals surface area contributed by atoms with Crippen LogP contribution in [0, 0.1) is 0 Å². The van der Waals surface area contributed by atoms with E-state index < -0.39 is 10.0 Å². The lowest BCUT2D eigenvalue weighted by molar-refractivity contribution is 0.119. The van der Waals surface area contributed by atoms with Crippen molar-refractivity contribution in [2.45, 2.75) is 23.8 Å². The van der Waals surface area contributed by atoms with Gasteiger partial charge in [-0.1, -0.05) is 0 Å². The Morgan fingerprint density at radius 1 is 1.17 bits per heavy atom. The van der Waals surface area contributed by atoms with Crippen molar-refractivity contribution in [1.82, 2.24) is 14.3 Å². The Morgan fingerprint density at radius 2 is 1.88 bits per heavy atom. The molecular weight excluding hydrogens is 330 g/mol. The van der Waals surface area contributed by atoms with Crippen molar-refractivity contribution >= 4 is 10.0 Å². The molecule has 1 aromatic carbocycles. The zero-order valence-electron chi connectivity index (χ0n) is 13.3. The molecule has 0 aliphatic carbocycles. The molecule has 0 radical (unpaired) electrons. The van der Waals surface area contributed by atoms with Crippen molar-refractivity contribution in [3.63, 3.8) is 0 Å². The van der Waals surface area contributed by atoms with Crippen LogP contribution >= 0.6 is 0 Å². The molecule has 1 aliphatic rings. The fraction of sp³-hybridized carbons (Fsp3) is 0.375. The maximum absolute atomic E-state index is 12.8. The van der Waals surface area contributed by atoms with Gasteiger partial charge in [-0.25, -0.2) is 18.4 Å². The monoisotopic (exact) mass is 349 g/mol. The summed E-state index contributed by atoms with van der Waals surface area (Å²) in [6.07, 6.45) is 4.43. The summed E-state index contributed by atoms with van der Waals surface area (Å²) in [7, 11) is -2.01. The number of sulfonamides is 1. The Kier molecular flexibility index (Phi) is 4.96. The molecule has 1 atom stereocenters. The molecule has 2 aromatic rings. The first-order chi connectivity index (χ1) is 11.6. The van der Waals surface area contributed by atoms with Crippen LogP contribution in [0.1, 0.15) is 12.8 Å². The first kappa shape index (κ1) is 16.7. The van der Waals surface area contributed by atoms with Gasteiger partial charge in [0, 0.05) is 18.9 Å². The van der Waals surface area contributed by atoms with E-state index in [9.17, 15) is 8.42 Å². The molecule has 2 heterocycles. The van der Waals surface area contributed by atoms with Crippen LogP contribution in [0.15, 0.2) is 47.6 Å². The van der Waals surface area contributed by atoms with E-state index in [1.54, 1.807) is 49.8 Å². The summed E-state index contributed by atoms with van der Waals surface area (Å²) in [5.41, 5.74) is 0. The van der Waals surface area contributed by atoms with E-state index in [1.807, 2.05) is 0 Å².